The first-order valence-corrected chi connectivity index (χ1v) is 10.3. The maximum atomic E-state index is 11.6. The fourth-order valence-corrected chi connectivity index (χ4v) is 3.02. The van der Waals surface area contributed by atoms with Crippen LogP contribution in [0, 0.1) is 10.1 Å². The van der Waals surface area contributed by atoms with E-state index in [0.29, 0.717) is 17.9 Å². The second-order valence-corrected chi connectivity index (χ2v) is 7.81. The largest absolute Gasteiger partial charge is 0.504 e. The predicted molar refractivity (Wildman–Crippen MR) is 106 cm³/mol. The highest BCUT2D eigenvalue weighted by Crippen LogP contribution is 2.29. The lowest BCUT2D eigenvalue weighted by Gasteiger charge is -2.08. The lowest BCUT2D eigenvalue weighted by atomic mass is 10.2. The van der Waals surface area contributed by atoms with Crippen molar-refractivity contribution in [3.05, 3.63) is 52.1 Å². The molecule has 0 aliphatic rings. The molecule has 0 aromatic heterocycles. The average Bonchev–Trinajstić information content (AvgIpc) is 2.63. The first-order valence-electron chi connectivity index (χ1n) is 8.41. The summed E-state index contributed by atoms with van der Waals surface area (Å²) < 4.78 is 28.4. The summed E-state index contributed by atoms with van der Waals surface area (Å²) >= 11 is 0. The molecule has 2 N–H and O–H groups in total. The van der Waals surface area contributed by atoms with Crippen LogP contribution in [0.2, 0.25) is 0 Å². The smallest absolute Gasteiger partial charge is 0.293 e. The molecular formula is C18H21N3O6S. The fourth-order valence-electron chi connectivity index (χ4n) is 2.38. The number of benzene rings is 2. The van der Waals surface area contributed by atoms with Gasteiger partial charge in [-0.05, 0) is 31.2 Å². The minimum atomic E-state index is -3.54. The molecule has 0 aliphatic carbocycles. The number of nitro benzene ring substituents is 1. The zero-order valence-electron chi connectivity index (χ0n) is 15.5. The number of nitro groups is 1. The van der Waals surface area contributed by atoms with Crippen LogP contribution >= 0.6 is 0 Å². The third-order valence-electron chi connectivity index (χ3n) is 3.71. The van der Waals surface area contributed by atoms with Crippen molar-refractivity contribution in [1.29, 1.82) is 0 Å². The lowest BCUT2D eigenvalue weighted by molar-refractivity contribution is -0.384. The summed E-state index contributed by atoms with van der Waals surface area (Å²) in [4.78, 5) is 14.6. The zero-order chi connectivity index (χ0) is 20.7. The van der Waals surface area contributed by atoms with Gasteiger partial charge in [-0.1, -0.05) is 6.07 Å². The molecule has 0 heterocycles. The van der Waals surface area contributed by atoms with Gasteiger partial charge in [0.25, 0.3) is 5.69 Å². The van der Waals surface area contributed by atoms with E-state index >= 15 is 0 Å². The third kappa shape index (κ3) is 5.43. The number of phenols is 1. The van der Waals surface area contributed by atoms with Crippen LogP contribution in [0.25, 0.3) is 0 Å². The molecule has 0 saturated carbocycles. The number of anilines is 1. The number of nitrogens with one attached hydrogen (secondary N) is 1. The fraction of sp³-hybridized carbons (Fsp3) is 0.278. The van der Waals surface area contributed by atoms with Crippen LogP contribution in [0.4, 0.5) is 11.4 Å². The minimum absolute atomic E-state index is 0.00643. The molecule has 0 spiro atoms. The lowest BCUT2D eigenvalue weighted by Crippen LogP contribution is -2.08. The van der Waals surface area contributed by atoms with Crippen molar-refractivity contribution in [2.45, 2.75) is 11.8 Å². The van der Waals surface area contributed by atoms with Gasteiger partial charge in [0.15, 0.2) is 21.3 Å². The Hall–Kier alpha value is -3.14. The molecule has 0 bridgehead atoms. The number of sulfone groups is 1. The number of ether oxygens (including phenoxy) is 1. The molecule has 0 fully saturated rings. The topological polar surface area (TPSA) is 131 Å². The van der Waals surface area contributed by atoms with Crippen LogP contribution in [-0.4, -0.2) is 50.6 Å². The normalized spacial score (nSPS) is 11.5. The second kappa shape index (κ2) is 9.18. The van der Waals surface area contributed by atoms with Crippen molar-refractivity contribution in [1.82, 2.24) is 0 Å². The van der Waals surface area contributed by atoms with Gasteiger partial charge in [-0.15, -0.1) is 0 Å². The Morgan fingerprint density at radius 3 is 2.71 bits per heavy atom. The first kappa shape index (κ1) is 21.2. The molecule has 0 amide bonds. The minimum Gasteiger partial charge on any atom is -0.504 e. The second-order valence-electron chi connectivity index (χ2n) is 5.80. The monoisotopic (exact) mass is 407 g/mol. The summed E-state index contributed by atoms with van der Waals surface area (Å²) in [5.74, 6) is 0.360. The molecule has 28 heavy (non-hydrogen) atoms. The summed E-state index contributed by atoms with van der Waals surface area (Å²) in [7, 11) is -3.54. The highest BCUT2D eigenvalue weighted by atomic mass is 32.2. The Labute approximate surface area is 162 Å². The van der Waals surface area contributed by atoms with Gasteiger partial charge >= 0.3 is 0 Å². The molecular weight excluding hydrogens is 386 g/mol. The van der Waals surface area contributed by atoms with Crippen LogP contribution in [0.1, 0.15) is 12.5 Å². The van der Waals surface area contributed by atoms with E-state index in [1.165, 1.54) is 18.3 Å². The molecule has 0 aliphatic heterocycles. The van der Waals surface area contributed by atoms with E-state index in [-0.39, 0.29) is 35.1 Å². The summed E-state index contributed by atoms with van der Waals surface area (Å²) in [6.45, 7) is 2.80. The van der Waals surface area contributed by atoms with Crippen LogP contribution in [0.5, 0.6) is 11.5 Å². The van der Waals surface area contributed by atoms with Gasteiger partial charge in [-0.3, -0.25) is 15.1 Å². The van der Waals surface area contributed by atoms with Crippen molar-refractivity contribution in [3.63, 3.8) is 0 Å². The number of nitrogens with zero attached hydrogens (tertiary/aromatic N) is 2. The standard InChI is InChI=1S/C18H21N3O6S/c1-3-27-17-6-4-5-13(18(17)22)12-19-9-10-20-15-8-7-14(28(2,25)26)11-16(15)21(23)24/h4-8,11-12,20,22H,3,9-10H2,1-2H3. The predicted octanol–water partition coefficient (Wildman–Crippen LogP) is 2.63. The van der Waals surface area contributed by atoms with Gasteiger partial charge in [0.05, 0.1) is 23.0 Å². The number of aromatic hydroxyl groups is 1. The molecule has 0 atom stereocenters. The van der Waals surface area contributed by atoms with E-state index in [1.54, 1.807) is 18.2 Å². The molecule has 0 radical (unpaired) electrons. The van der Waals surface area contributed by atoms with E-state index < -0.39 is 14.8 Å². The molecule has 2 rings (SSSR count). The van der Waals surface area contributed by atoms with Crippen molar-refractivity contribution in [2.24, 2.45) is 4.99 Å². The molecule has 0 unspecified atom stereocenters. The number of hydrogen-bond acceptors (Lipinski definition) is 8. The first-order chi connectivity index (χ1) is 13.2. The van der Waals surface area contributed by atoms with Gasteiger partial charge in [-0.2, -0.15) is 0 Å². The van der Waals surface area contributed by atoms with Crippen molar-refractivity contribution >= 4 is 27.4 Å². The quantitative estimate of drug-likeness (QED) is 0.283. The summed E-state index contributed by atoms with van der Waals surface area (Å²) in [6.07, 6.45) is 2.48. The number of rotatable bonds is 9. The van der Waals surface area contributed by atoms with Crippen LogP contribution in [0.3, 0.4) is 0 Å². The van der Waals surface area contributed by atoms with Gasteiger partial charge in [-0.25, -0.2) is 8.42 Å². The third-order valence-corrected chi connectivity index (χ3v) is 4.82. The number of phenolic OH excluding ortho intramolecular Hbond substituents is 1. The Morgan fingerprint density at radius 1 is 1.32 bits per heavy atom. The maximum Gasteiger partial charge on any atom is 0.293 e. The van der Waals surface area contributed by atoms with E-state index in [1.807, 2.05) is 6.92 Å². The molecule has 9 nitrogen and oxygen atoms in total. The van der Waals surface area contributed by atoms with E-state index in [9.17, 15) is 23.6 Å². The molecule has 2 aromatic rings. The molecule has 150 valence electrons. The van der Waals surface area contributed by atoms with Crippen molar-refractivity contribution < 1.29 is 23.2 Å². The van der Waals surface area contributed by atoms with Crippen molar-refractivity contribution in [2.75, 3.05) is 31.3 Å². The van der Waals surface area contributed by atoms with Crippen LogP contribution < -0.4 is 10.1 Å². The maximum absolute atomic E-state index is 11.6. The Morgan fingerprint density at radius 2 is 2.07 bits per heavy atom. The number of aliphatic imine (C=N–C) groups is 1. The zero-order valence-corrected chi connectivity index (χ0v) is 16.3. The highest BCUT2D eigenvalue weighted by molar-refractivity contribution is 7.90. The molecule has 10 heteroatoms. The summed E-state index contributed by atoms with van der Waals surface area (Å²) in [5, 5.41) is 24.2. The van der Waals surface area contributed by atoms with Gasteiger partial charge in [0, 0.05) is 30.6 Å². The number of para-hydroxylation sites is 1. The molecule has 0 saturated heterocycles. The Balaban J connectivity index is 2.03. The van der Waals surface area contributed by atoms with Crippen LogP contribution in [0.15, 0.2) is 46.3 Å². The van der Waals surface area contributed by atoms with Crippen molar-refractivity contribution in [3.8, 4) is 11.5 Å². The number of hydrogen-bond donors (Lipinski definition) is 2. The molecule has 2 aromatic carbocycles. The Bertz CT molecular complexity index is 989. The van der Waals surface area contributed by atoms with Gasteiger partial charge in [0.2, 0.25) is 0 Å². The Kier molecular flexibility index (Phi) is 6.94. The highest BCUT2D eigenvalue weighted by Gasteiger charge is 2.18. The van der Waals surface area contributed by atoms with Gasteiger partial charge < -0.3 is 15.2 Å². The SMILES string of the molecule is CCOc1cccc(C=NCCNc2ccc(S(C)(=O)=O)cc2[N+](=O)[O-])c1O. The van der Waals surface area contributed by atoms with E-state index in [2.05, 4.69) is 10.3 Å². The summed E-state index contributed by atoms with van der Waals surface area (Å²) in [6, 6.07) is 8.76. The van der Waals surface area contributed by atoms with E-state index in [0.717, 1.165) is 12.3 Å². The average molecular weight is 407 g/mol. The van der Waals surface area contributed by atoms with Gasteiger partial charge in [0.1, 0.15) is 5.69 Å². The van der Waals surface area contributed by atoms with Crippen LogP contribution in [-0.2, 0) is 9.84 Å². The van der Waals surface area contributed by atoms with E-state index in [4.69, 9.17) is 4.74 Å². The summed E-state index contributed by atoms with van der Waals surface area (Å²) in [5.41, 5.74) is 0.372.